The number of nitrogens with zero attached hydrogens (tertiary/aromatic N) is 3. The summed E-state index contributed by atoms with van der Waals surface area (Å²) in [5.74, 6) is -2.02. The van der Waals surface area contributed by atoms with E-state index in [1.165, 1.54) is 67.8 Å². The van der Waals surface area contributed by atoms with Gasteiger partial charge in [-0.25, -0.2) is 4.79 Å². The maximum absolute atomic E-state index is 13.5. The summed E-state index contributed by atoms with van der Waals surface area (Å²) in [5.41, 5.74) is 4.27. The first-order valence-electron chi connectivity index (χ1n) is 17.5. The molecule has 47 heavy (non-hydrogen) atoms. The minimum Gasteiger partial charge on any atom is -0.443 e. The minimum atomic E-state index is -1.59. The minimum absolute atomic E-state index is 0.186. The zero-order valence-corrected chi connectivity index (χ0v) is 28.4. The summed E-state index contributed by atoms with van der Waals surface area (Å²) in [4.78, 5) is 60.1. The van der Waals surface area contributed by atoms with Crippen molar-refractivity contribution in [2.45, 2.75) is 140 Å². The van der Waals surface area contributed by atoms with E-state index in [9.17, 15) is 29.4 Å². The maximum Gasteiger partial charge on any atom is 0.330 e. The van der Waals surface area contributed by atoms with Gasteiger partial charge in [-0.1, -0.05) is 84.0 Å². The molecular weight excluding hydrogens is 610 g/mol. The summed E-state index contributed by atoms with van der Waals surface area (Å²) >= 11 is 0. The Labute approximate surface area is 277 Å². The van der Waals surface area contributed by atoms with Gasteiger partial charge in [0.15, 0.2) is 12.5 Å². The van der Waals surface area contributed by atoms with Crippen LogP contribution in [0.5, 0.6) is 0 Å². The third-order valence-corrected chi connectivity index (χ3v) is 8.97. The summed E-state index contributed by atoms with van der Waals surface area (Å²) in [5, 5.41) is 23.3. The molecule has 3 heterocycles. The lowest BCUT2D eigenvalue weighted by molar-refractivity contribution is -0.232. The molecule has 2 fully saturated rings. The summed E-state index contributed by atoms with van der Waals surface area (Å²) in [6.07, 6.45) is 9.09. The molecule has 1 aromatic heterocycles. The van der Waals surface area contributed by atoms with Crippen molar-refractivity contribution in [2.24, 2.45) is 11.7 Å². The van der Waals surface area contributed by atoms with E-state index in [0.29, 0.717) is 19.4 Å². The van der Waals surface area contributed by atoms with Gasteiger partial charge >= 0.3 is 11.7 Å². The number of esters is 1. The number of carbonyl (C=O) groups excluding carboxylic acids is 2. The first kappa shape index (κ1) is 38.8. The van der Waals surface area contributed by atoms with Crippen LogP contribution in [0.1, 0.15) is 109 Å². The second-order valence-electron chi connectivity index (χ2n) is 13.0. The lowest BCUT2D eigenvalue weighted by Gasteiger charge is -2.28. The Hall–Kier alpha value is -2.62. The largest absolute Gasteiger partial charge is 0.443 e. The summed E-state index contributed by atoms with van der Waals surface area (Å²) in [6.45, 7) is 2.78. The molecule has 0 bridgehead atoms. The van der Waals surface area contributed by atoms with Crippen molar-refractivity contribution < 1.29 is 34.1 Å². The lowest BCUT2D eigenvalue weighted by atomic mass is 9.92. The standard InChI is InChI=1S/C33H57N5O9/c1-4-5-6-7-8-9-10-11-12-13-14-15-16-18-24(40)45-31-25(30(43)36(2)3)28(47-38(31)21-17-20-34)29-26(41)27(42)32(46-29)37-22-19-23(39)35-33(37)44/h19,22,25-29,31-32,41-42H,4-18,20-21,34H2,1-3H3,(H,35,39,44)/t25-,26+,27-,28+,29+,31+,32-/m1/s1. The van der Waals surface area contributed by atoms with Crippen LogP contribution in [-0.4, -0.2) is 99.4 Å². The van der Waals surface area contributed by atoms with E-state index in [2.05, 4.69) is 11.9 Å². The van der Waals surface area contributed by atoms with Gasteiger partial charge in [-0.15, -0.1) is 5.06 Å². The number of ether oxygens (including phenoxy) is 2. The fourth-order valence-corrected chi connectivity index (χ4v) is 6.30. The van der Waals surface area contributed by atoms with Crippen LogP contribution >= 0.6 is 0 Å². The zero-order chi connectivity index (χ0) is 34.3. The number of nitrogens with two attached hydrogens (primary N) is 1. The number of hydroxylamine groups is 2. The van der Waals surface area contributed by atoms with E-state index in [-0.39, 0.29) is 13.0 Å². The van der Waals surface area contributed by atoms with Crippen molar-refractivity contribution in [3.63, 3.8) is 0 Å². The van der Waals surface area contributed by atoms with E-state index in [4.69, 9.17) is 20.0 Å². The first-order valence-corrected chi connectivity index (χ1v) is 17.5. The smallest absolute Gasteiger partial charge is 0.330 e. The van der Waals surface area contributed by atoms with Crippen LogP contribution in [0.4, 0.5) is 0 Å². The number of aliphatic hydroxyl groups is 2. The third-order valence-electron chi connectivity index (χ3n) is 8.97. The molecule has 0 unspecified atom stereocenters. The molecular formula is C33H57N5O9. The normalized spacial score (nSPS) is 26.1. The molecule has 1 amide bonds. The summed E-state index contributed by atoms with van der Waals surface area (Å²) in [7, 11) is 3.11. The fraction of sp³-hybridized carbons (Fsp3) is 0.818. The molecule has 1 aromatic rings. The molecule has 14 nitrogen and oxygen atoms in total. The number of hydrogen-bond donors (Lipinski definition) is 4. The molecule has 2 aliphatic heterocycles. The van der Waals surface area contributed by atoms with Crippen molar-refractivity contribution in [3.8, 4) is 0 Å². The van der Waals surface area contributed by atoms with Crippen LogP contribution in [0.2, 0.25) is 0 Å². The molecule has 0 spiro atoms. The average molecular weight is 668 g/mol. The van der Waals surface area contributed by atoms with Gasteiger partial charge in [0.05, 0.1) is 0 Å². The number of H-pyrrole nitrogens is 1. The SMILES string of the molecule is CCCCCCCCCCCCCCCC(=O)O[C@H]1[C@@H](C(=O)N(C)C)[C@@H]([C@H]2O[C@@H](n3ccc(=O)[nH]c3=O)[C@H](O)[C@@H]2O)ON1CCCN. The van der Waals surface area contributed by atoms with Gasteiger partial charge in [0, 0.05) is 39.3 Å². The Bertz CT molecular complexity index is 1210. The van der Waals surface area contributed by atoms with Crippen LogP contribution in [-0.2, 0) is 23.9 Å². The highest BCUT2D eigenvalue weighted by Crippen LogP contribution is 2.40. The number of aliphatic hydroxyl groups excluding tert-OH is 2. The van der Waals surface area contributed by atoms with Gasteiger partial charge in [0.25, 0.3) is 5.56 Å². The Morgan fingerprint density at radius 1 is 0.915 bits per heavy atom. The predicted octanol–water partition coefficient (Wildman–Crippen LogP) is 2.18. The molecule has 5 N–H and O–H groups in total. The molecule has 2 saturated heterocycles. The van der Waals surface area contributed by atoms with Crippen molar-refractivity contribution in [1.82, 2.24) is 19.5 Å². The van der Waals surface area contributed by atoms with Gasteiger partial charge in [-0.3, -0.25) is 28.8 Å². The highest BCUT2D eigenvalue weighted by molar-refractivity contribution is 5.80. The van der Waals surface area contributed by atoms with E-state index in [1.807, 2.05) is 0 Å². The number of hydrogen-bond acceptors (Lipinski definition) is 11. The number of rotatable bonds is 21. The highest BCUT2D eigenvalue weighted by atomic mass is 16.7. The molecule has 3 rings (SSSR count). The Balaban J connectivity index is 1.59. The van der Waals surface area contributed by atoms with E-state index in [0.717, 1.165) is 36.1 Å². The number of aromatic nitrogens is 2. The molecule has 0 aliphatic carbocycles. The maximum atomic E-state index is 13.5. The molecule has 2 aliphatic rings. The van der Waals surface area contributed by atoms with Gasteiger partial charge in [-0.2, -0.15) is 0 Å². The Morgan fingerprint density at radius 2 is 1.51 bits per heavy atom. The van der Waals surface area contributed by atoms with Gasteiger partial charge in [-0.05, 0) is 19.4 Å². The summed E-state index contributed by atoms with van der Waals surface area (Å²) < 4.78 is 12.8. The van der Waals surface area contributed by atoms with Crippen molar-refractivity contribution in [2.75, 3.05) is 27.2 Å². The number of carbonyl (C=O) groups is 2. The highest BCUT2D eigenvalue weighted by Gasteiger charge is 2.59. The second-order valence-corrected chi connectivity index (χ2v) is 13.0. The van der Waals surface area contributed by atoms with Crippen LogP contribution in [0.25, 0.3) is 0 Å². The zero-order valence-electron chi connectivity index (χ0n) is 28.4. The van der Waals surface area contributed by atoms with Crippen molar-refractivity contribution in [3.05, 3.63) is 33.1 Å². The number of unbranched alkanes of at least 4 members (excludes halogenated alkanes) is 12. The molecule has 268 valence electrons. The second kappa shape index (κ2) is 20.0. The van der Waals surface area contributed by atoms with E-state index >= 15 is 0 Å². The van der Waals surface area contributed by atoms with E-state index < -0.39 is 65.9 Å². The van der Waals surface area contributed by atoms with Crippen LogP contribution in [0.15, 0.2) is 21.9 Å². The van der Waals surface area contributed by atoms with Crippen LogP contribution in [0, 0.1) is 5.92 Å². The fourth-order valence-electron chi connectivity index (χ4n) is 6.30. The Morgan fingerprint density at radius 3 is 2.06 bits per heavy atom. The average Bonchev–Trinajstić information content (AvgIpc) is 3.53. The molecule has 0 saturated carbocycles. The topological polar surface area (TPSA) is 190 Å². The van der Waals surface area contributed by atoms with Crippen molar-refractivity contribution >= 4 is 11.9 Å². The van der Waals surface area contributed by atoms with Gasteiger partial charge in [0.1, 0.15) is 30.3 Å². The lowest BCUT2D eigenvalue weighted by Crippen LogP contribution is -2.49. The third kappa shape index (κ3) is 11.2. The van der Waals surface area contributed by atoms with Crippen LogP contribution in [0.3, 0.4) is 0 Å². The number of aromatic amines is 1. The number of nitrogens with one attached hydrogen (secondary N) is 1. The monoisotopic (exact) mass is 667 g/mol. The van der Waals surface area contributed by atoms with Gasteiger partial charge < -0.3 is 30.3 Å². The Kier molecular flexibility index (Phi) is 16.5. The van der Waals surface area contributed by atoms with E-state index in [1.54, 1.807) is 14.1 Å². The molecule has 7 atom stereocenters. The first-order chi connectivity index (χ1) is 22.6. The molecule has 0 aromatic carbocycles. The molecule has 0 radical (unpaired) electrons. The number of amides is 1. The summed E-state index contributed by atoms with van der Waals surface area (Å²) in [6, 6.07) is 1.09. The van der Waals surface area contributed by atoms with Gasteiger partial charge in [0.2, 0.25) is 5.91 Å². The van der Waals surface area contributed by atoms with Crippen molar-refractivity contribution in [1.29, 1.82) is 0 Å². The molecule has 14 heteroatoms. The van der Waals surface area contributed by atoms with Crippen LogP contribution < -0.4 is 17.0 Å². The predicted molar refractivity (Wildman–Crippen MR) is 175 cm³/mol. The quantitative estimate of drug-likeness (QED) is 0.111.